The van der Waals surface area contributed by atoms with Crippen molar-refractivity contribution in [3.63, 3.8) is 0 Å². The predicted molar refractivity (Wildman–Crippen MR) is 104 cm³/mol. The summed E-state index contributed by atoms with van der Waals surface area (Å²) in [6.07, 6.45) is 0.886. The number of hydrogen-bond acceptors (Lipinski definition) is 5. The molecule has 1 aliphatic rings. The second-order valence-corrected chi connectivity index (χ2v) is 8.89. The van der Waals surface area contributed by atoms with Gasteiger partial charge in [0.1, 0.15) is 5.41 Å². The van der Waals surface area contributed by atoms with Crippen molar-refractivity contribution in [3.05, 3.63) is 65.7 Å². The maximum atomic E-state index is 13.3. The fourth-order valence-electron chi connectivity index (χ4n) is 3.89. The van der Waals surface area contributed by atoms with E-state index in [4.69, 9.17) is 10.5 Å². The number of carbonyl (C=O) groups excluding carboxylic acids is 1. The molecule has 0 spiro atoms. The van der Waals surface area contributed by atoms with Crippen LogP contribution in [-0.4, -0.2) is 32.8 Å². The molecule has 0 saturated heterocycles. The minimum atomic E-state index is -3.74. The van der Waals surface area contributed by atoms with E-state index in [2.05, 4.69) is 6.92 Å². The number of ether oxygens (including phenoxy) is 1. The summed E-state index contributed by atoms with van der Waals surface area (Å²) in [5.41, 5.74) is 6.68. The highest BCUT2D eigenvalue weighted by atomic mass is 32.2. The van der Waals surface area contributed by atoms with Gasteiger partial charge in [0.25, 0.3) is 0 Å². The van der Waals surface area contributed by atoms with Crippen molar-refractivity contribution in [1.29, 1.82) is 0 Å². The number of hydrogen-bond donors (Lipinski definition) is 1. The Morgan fingerprint density at radius 1 is 1.07 bits per heavy atom. The number of nitrogens with two attached hydrogens (primary N) is 1. The van der Waals surface area contributed by atoms with Gasteiger partial charge in [0.05, 0.1) is 16.8 Å². The zero-order valence-electron chi connectivity index (χ0n) is 15.6. The van der Waals surface area contributed by atoms with E-state index in [1.807, 2.05) is 24.3 Å². The Morgan fingerprint density at radius 2 is 1.70 bits per heavy atom. The lowest BCUT2D eigenvalue weighted by atomic mass is 9.98. The lowest BCUT2D eigenvalue weighted by molar-refractivity contribution is -0.149. The lowest BCUT2D eigenvalue weighted by Crippen LogP contribution is -2.33. The molecule has 0 amide bonds. The summed E-state index contributed by atoms with van der Waals surface area (Å²) < 4.78 is 31.9. The van der Waals surface area contributed by atoms with Gasteiger partial charge in [-0.2, -0.15) is 0 Å². The first-order valence-corrected chi connectivity index (χ1v) is 10.7. The van der Waals surface area contributed by atoms with E-state index in [0.717, 1.165) is 17.5 Å². The zero-order valence-corrected chi connectivity index (χ0v) is 16.4. The van der Waals surface area contributed by atoms with E-state index in [1.54, 1.807) is 37.3 Å². The van der Waals surface area contributed by atoms with Gasteiger partial charge in [0.2, 0.25) is 0 Å². The van der Waals surface area contributed by atoms with Crippen molar-refractivity contribution in [3.8, 4) is 0 Å². The summed E-state index contributed by atoms with van der Waals surface area (Å²) in [6, 6.07) is 15.9. The molecule has 2 aromatic rings. The minimum absolute atomic E-state index is 0.0806. The molecule has 27 heavy (non-hydrogen) atoms. The Kier molecular flexibility index (Phi) is 5.40. The smallest absolute Gasteiger partial charge is 0.315 e. The monoisotopic (exact) mass is 387 g/mol. The highest BCUT2D eigenvalue weighted by molar-refractivity contribution is 7.92. The molecule has 5 nitrogen and oxygen atoms in total. The van der Waals surface area contributed by atoms with Gasteiger partial charge < -0.3 is 10.5 Å². The number of carbonyl (C=O) groups is 1. The number of sulfone groups is 1. The summed E-state index contributed by atoms with van der Waals surface area (Å²) in [6.45, 7) is 3.86. The molecule has 6 heteroatoms. The standard InChI is InChI=1S/C21H25NO4S/c1-3-15-10-12-16(13-11-15)18-19(21(18,14-22)20(23)26-4-2)27(24,25)17-8-6-5-7-9-17/h5-13,18-19H,3-4,14,22H2,1-2H3/t18-,19-,21-/m1/s1. The molecule has 0 heterocycles. The Bertz CT molecular complexity index is 909. The molecule has 2 N–H and O–H groups in total. The van der Waals surface area contributed by atoms with Crippen molar-refractivity contribution in [2.75, 3.05) is 13.2 Å². The van der Waals surface area contributed by atoms with Crippen LogP contribution in [0.2, 0.25) is 0 Å². The Morgan fingerprint density at radius 3 is 2.22 bits per heavy atom. The van der Waals surface area contributed by atoms with Crippen LogP contribution in [0.4, 0.5) is 0 Å². The van der Waals surface area contributed by atoms with Gasteiger partial charge in [-0.05, 0) is 36.6 Å². The first-order chi connectivity index (χ1) is 12.9. The largest absolute Gasteiger partial charge is 0.465 e. The fraction of sp³-hybridized carbons (Fsp3) is 0.381. The summed E-state index contributed by atoms with van der Waals surface area (Å²) >= 11 is 0. The molecule has 0 bridgehead atoms. The first kappa shape index (κ1) is 19.6. The highest BCUT2D eigenvalue weighted by Crippen LogP contribution is 2.64. The third-order valence-corrected chi connectivity index (χ3v) is 7.69. The maximum absolute atomic E-state index is 13.3. The Balaban J connectivity index is 2.09. The van der Waals surface area contributed by atoms with Crippen molar-refractivity contribution in [2.45, 2.75) is 36.3 Å². The van der Waals surface area contributed by atoms with Gasteiger partial charge in [-0.3, -0.25) is 4.79 Å². The van der Waals surface area contributed by atoms with Crippen LogP contribution in [0.3, 0.4) is 0 Å². The van der Waals surface area contributed by atoms with E-state index in [9.17, 15) is 13.2 Å². The van der Waals surface area contributed by atoms with E-state index in [-0.39, 0.29) is 18.0 Å². The number of esters is 1. The van der Waals surface area contributed by atoms with Crippen molar-refractivity contribution in [2.24, 2.45) is 11.1 Å². The van der Waals surface area contributed by atoms with Gasteiger partial charge in [-0.15, -0.1) is 0 Å². The van der Waals surface area contributed by atoms with Crippen molar-refractivity contribution in [1.82, 2.24) is 0 Å². The van der Waals surface area contributed by atoms with Gasteiger partial charge >= 0.3 is 5.97 Å². The topological polar surface area (TPSA) is 86.5 Å². The molecule has 2 aromatic carbocycles. The fourth-order valence-corrected chi connectivity index (χ4v) is 6.29. The predicted octanol–water partition coefficient (Wildman–Crippen LogP) is 2.70. The van der Waals surface area contributed by atoms with E-state index >= 15 is 0 Å². The van der Waals surface area contributed by atoms with Crippen LogP contribution in [0, 0.1) is 5.41 Å². The van der Waals surface area contributed by atoms with Crippen LogP contribution in [0.25, 0.3) is 0 Å². The molecule has 1 aliphatic carbocycles. The molecule has 0 unspecified atom stereocenters. The van der Waals surface area contributed by atoms with Crippen molar-refractivity contribution >= 4 is 15.8 Å². The Labute approximate surface area is 160 Å². The summed E-state index contributed by atoms with van der Waals surface area (Å²) in [7, 11) is -3.74. The minimum Gasteiger partial charge on any atom is -0.465 e. The second-order valence-electron chi connectivity index (χ2n) is 6.82. The maximum Gasteiger partial charge on any atom is 0.315 e. The third kappa shape index (κ3) is 3.17. The molecule has 0 radical (unpaired) electrons. The average Bonchev–Trinajstić information content (AvgIpc) is 3.40. The summed E-state index contributed by atoms with van der Waals surface area (Å²) in [5, 5.41) is -0.927. The van der Waals surface area contributed by atoms with Gasteiger partial charge in [0.15, 0.2) is 9.84 Å². The molecule has 1 fully saturated rings. The second kappa shape index (κ2) is 7.44. The van der Waals surface area contributed by atoms with E-state index in [0.29, 0.717) is 0 Å². The van der Waals surface area contributed by atoms with Crippen LogP contribution in [-0.2, 0) is 25.8 Å². The van der Waals surface area contributed by atoms with Crippen LogP contribution in [0.15, 0.2) is 59.5 Å². The van der Waals surface area contributed by atoms with Crippen LogP contribution in [0.5, 0.6) is 0 Å². The van der Waals surface area contributed by atoms with Gasteiger partial charge in [-0.1, -0.05) is 49.4 Å². The van der Waals surface area contributed by atoms with Crippen LogP contribution in [0.1, 0.15) is 30.9 Å². The van der Waals surface area contributed by atoms with Crippen LogP contribution < -0.4 is 5.73 Å². The molecule has 1 saturated carbocycles. The van der Waals surface area contributed by atoms with E-state index < -0.39 is 32.4 Å². The van der Waals surface area contributed by atoms with Crippen LogP contribution >= 0.6 is 0 Å². The van der Waals surface area contributed by atoms with Gasteiger partial charge in [-0.25, -0.2) is 8.42 Å². The molecule has 0 aliphatic heterocycles. The number of benzene rings is 2. The zero-order chi connectivity index (χ0) is 19.7. The molecule has 0 aromatic heterocycles. The molecular weight excluding hydrogens is 362 g/mol. The molecule has 3 atom stereocenters. The number of rotatable bonds is 7. The first-order valence-electron chi connectivity index (χ1n) is 9.18. The normalized spacial score (nSPS) is 24.4. The third-order valence-electron chi connectivity index (χ3n) is 5.40. The lowest BCUT2D eigenvalue weighted by Gasteiger charge is -2.14. The molecular formula is C21H25NO4S. The van der Waals surface area contributed by atoms with Crippen molar-refractivity contribution < 1.29 is 17.9 Å². The summed E-state index contributed by atoms with van der Waals surface area (Å²) in [4.78, 5) is 13.0. The average molecular weight is 388 g/mol. The van der Waals surface area contributed by atoms with Gasteiger partial charge in [0, 0.05) is 12.5 Å². The quantitative estimate of drug-likeness (QED) is 0.738. The SMILES string of the molecule is CCOC(=O)[C@]1(CN)[C@H](c2ccc(CC)cc2)[C@H]1S(=O)(=O)c1ccccc1. The molecule has 144 valence electrons. The summed E-state index contributed by atoms with van der Waals surface area (Å²) in [5.74, 6) is -1.06. The Hall–Kier alpha value is -2.18. The highest BCUT2D eigenvalue weighted by Gasteiger charge is 2.75. The number of aryl methyl sites for hydroxylation is 1. The molecule has 3 rings (SSSR count). The van der Waals surface area contributed by atoms with E-state index in [1.165, 1.54) is 0 Å².